The van der Waals surface area contributed by atoms with Crippen LogP contribution in [0.1, 0.15) is 138 Å². The average molecular weight is 1500 g/mol. The molecule has 111 heavy (non-hydrogen) atoms. The first-order valence-electron chi connectivity index (χ1n) is 38.0. The van der Waals surface area contributed by atoms with Crippen molar-refractivity contribution in [3.8, 4) is 55.6 Å². The first-order valence-corrected chi connectivity index (χ1v) is 38.0. The number of hydrogen-bond donors (Lipinski definition) is 0. The predicted octanol–water partition coefficient (Wildman–Crippen LogP) is 25.5. The zero-order valence-electron chi connectivity index (χ0n) is 61.6. The molecule has 0 saturated heterocycles. The Morgan fingerprint density at radius 2 is 0.622 bits per heavy atom. The van der Waals surface area contributed by atoms with E-state index in [0.717, 1.165) is 80.1 Å². The summed E-state index contributed by atoms with van der Waals surface area (Å²) in [4.78, 5) is 62.9. The molecule has 0 spiro atoms. The highest BCUT2D eigenvalue weighted by atomic mass is 19.4. The summed E-state index contributed by atoms with van der Waals surface area (Å²) in [5.74, 6) is -5.89. The Balaban J connectivity index is 0.000000116. The zero-order chi connectivity index (χ0) is 78.0. The molecular weight excluding hydrogens is 1420 g/mol. The number of halogens is 9. The monoisotopic (exact) mass is 1500 g/mol. The van der Waals surface area contributed by atoms with Gasteiger partial charge in [0, 0.05) is 39.7 Å². The molecule has 6 aliphatic rings. The van der Waals surface area contributed by atoms with Crippen molar-refractivity contribution in [2.24, 2.45) is 41.4 Å². The fraction of sp³-hybridized carbons (Fsp3) is 0.247. The van der Waals surface area contributed by atoms with Gasteiger partial charge in [-0.3, -0.25) is 24.0 Å². The van der Waals surface area contributed by atoms with Crippen molar-refractivity contribution in [1.82, 2.24) is 0 Å². The third-order valence-corrected chi connectivity index (χ3v) is 22.7. The molecule has 6 aliphatic carbocycles. The van der Waals surface area contributed by atoms with Crippen molar-refractivity contribution in [2.45, 2.75) is 110 Å². The van der Waals surface area contributed by atoms with E-state index in [1.54, 1.807) is 78.9 Å². The summed E-state index contributed by atoms with van der Waals surface area (Å²) in [6.07, 6.45) is -4.99. The summed E-state index contributed by atoms with van der Waals surface area (Å²) in [7, 11) is 0. The third-order valence-electron chi connectivity index (χ3n) is 22.7. The lowest BCUT2D eigenvalue weighted by Gasteiger charge is -2.26. The SMILES string of the molecule is CC(C)CC1Cc2cccc(-c3cccc4ccccc34)c2C1=O.Cc1ccc(-c2cccc3c2C(=O)C(C(F)(F)F)C3)cc1.O=C1c2c(cccc2-c2cccc3ccccc23)CC1C(F)(F)F.O=C1c2c(cccc2-c2ccccc2)CC1C(F)(F)F.O=C1c2c(cccc2-c2ccccc2)CC1C1CCCCC1. The van der Waals surface area contributed by atoms with Crippen LogP contribution >= 0.6 is 0 Å². The van der Waals surface area contributed by atoms with Crippen LogP contribution in [0.15, 0.2) is 261 Å². The van der Waals surface area contributed by atoms with Crippen LogP contribution < -0.4 is 0 Å². The number of alkyl halides is 9. The topological polar surface area (TPSA) is 85.3 Å². The van der Waals surface area contributed by atoms with Gasteiger partial charge in [-0.15, -0.1) is 0 Å². The summed E-state index contributed by atoms with van der Waals surface area (Å²) in [5, 5.41) is 4.35. The number of rotatable bonds is 8. The molecule has 1 fully saturated rings. The molecule has 0 bridgehead atoms. The maximum Gasteiger partial charge on any atom is 0.399 e. The number of aryl methyl sites for hydroxylation is 1. The Hall–Kier alpha value is -11.1. The molecule has 18 rings (SSSR count). The Morgan fingerprint density at radius 1 is 0.306 bits per heavy atom. The highest BCUT2D eigenvalue weighted by Crippen LogP contribution is 2.48. The number of fused-ring (bicyclic) bond motifs is 7. The van der Waals surface area contributed by atoms with E-state index in [1.807, 2.05) is 97.9 Å². The van der Waals surface area contributed by atoms with Crippen LogP contribution in [0, 0.1) is 48.3 Å². The summed E-state index contributed by atoms with van der Waals surface area (Å²) < 4.78 is 117. The number of carbonyl (C=O) groups excluding carboxylic acids is 5. The van der Waals surface area contributed by atoms with E-state index in [2.05, 4.69) is 105 Å². The minimum atomic E-state index is -4.51. The molecule has 12 aromatic carbocycles. The van der Waals surface area contributed by atoms with Gasteiger partial charge in [-0.2, -0.15) is 39.5 Å². The summed E-state index contributed by atoms with van der Waals surface area (Å²) in [6.45, 7) is 6.33. The van der Waals surface area contributed by atoms with Crippen LogP contribution in [0.3, 0.4) is 0 Å². The largest absolute Gasteiger partial charge is 0.399 e. The zero-order valence-corrected chi connectivity index (χ0v) is 61.6. The average Bonchev–Trinajstić information content (AvgIpc) is 1.61. The van der Waals surface area contributed by atoms with E-state index in [1.165, 1.54) is 59.6 Å². The van der Waals surface area contributed by atoms with Crippen molar-refractivity contribution < 1.29 is 63.5 Å². The van der Waals surface area contributed by atoms with Gasteiger partial charge in [-0.25, -0.2) is 0 Å². The van der Waals surface area contributed by atoms with Crippen LogP contribution in [0.5, 0.6) is 0 Å². The van der Waals surface area contributed by atoms with E-state index in [9.17, 15) is 63.5 Å². The standard InChI is InChI=1S/C23H22O.C21H22O.C20H13F3O.C17H13F3O.C16H11F3O/c1-15(2)13-18-14-17-9-6-12-21(22(17)23(18)24)20-11-5-8-16-7-3-4-10-19(16)20;22-21-19(16-10-5-2-6-11-16)14-17-12-7-13-18(20(17)21)15-8-3-1-4-9-15;21-20(22,23)17-11-13-7-4-10-16(18(13)19(17)24)15-9-3-6-12-5-1-2-8-14(12)15;1-10-5-7-11(8-6-10)13-4-2-3-12-9-14(17(18,19)20)16(21)15(12)13;17-16(18,19)13-9-11-7-4-8-12(14(11)15(13)20)10-5-2-1-3-6-10/h3-12,15,18H,13-14H2,1-2H3;1,3-4,7-9,12-13,16,19H,2,5-6,10-11,14H2;1-10,17H,11H2;2-8,14H,9H2,1H3;1-8,13H,9H2. The quantitative estimate of drug-likeness (QED) is 0.142. The molecule has 5 unspecified atom stereocenters. The number of carbonyl (C=O) groups is 5. The van der Waals surface area contributed by atoms with Gasteiger partial charge in [0.2, 0.25) is 0 Å². The molecule has 0 heterocycles. The Labute approximate surface area is 639 Å². The van der Waals surface area contributed by atoms with Gasteiger partial charge in [0.25, 0.3) is 0 Å². The second kappa shape index (κ2) is 32.1. The van der Waals surface area contributed by atoms with Gasteiger partial charge < -0.3 is 0 Å². The number of hydrogen-bond acceptors (Lipinski definition) is 5. The molecule has 14 heteroatoms. The summed E-state index contributed by atoms with van der Waals surface area (Å²) in [5.41, 5.74) is 16.3. The maximum atomic E-state index is 13.1. The second-order valence-electron chi connectivity index (χ2n) is 30.3. The van der Waals surface area contributed by atoms with Crippen LogP contribution in [0.25, 0.3) is 77.2 Å². The molecule has 12 aromatic rings. The maximum absolute atomic E-state index is 13.1. The molecule has 0 aromatic heterocycles. The smallest absolute Gasteiger partial charge is 0.294 e. The molecule has 5 nitrogen and oxygen atoms in total. The first-order chi connectivity index (χ1) is 53.3. The lowest BCUT2D eigenvalue weighted by molar-refractivity contribution is -0.159. The highest BCUT2D eigenvalue weighted by molar-refractivity contribution is 6.13. The molecule has 0 aliphatic heterocycles. The summed E-state index contributed by atoms with van der Waals surface area (Å²) in [6, 6.07) is 82.7. The minimum absolute atomic E-state index is 0.149. The minimum Gasteiger partial charge on any atom is -0.294 e. The molecule has 1 saturated carbocycles. The number of benzene rings is 12. The molecule has 5 atom stereocenters. The highest BCUT2D eigenvalue weighted by Gasteiger charge is 2.52. The van der Waals surface area contributed by atoms with Crippen LogP contribution in [-0.4, -0.2) is 47.4 Å². The van der Waals surface area contributed by atoms with Crippen LogP contribution in [0.4, 0.5) is 39.5 Å². The molecule has 562 valence electrons. The second-order valence-corrected chi connectivity index (χ2v) is 30.3. The van der Waals surface area contributed by atoms with Crippen LogP contribution in [0.2, 0.25) is 0 Å². The Morgan fingerprint density at radius 3 is 1.03 bits per heavy atom. The van der Waals surface area contributed by atoms with Crippen molar-refractivity contribution in [3.63, 3.8) is 0 Å². The third kappa shape index (κ3) is 16.0. The van der Waals surface area contributed by atoms with Gasteiger partial charge in [-0.05, 0) is 175 Å². The lowest BCUT2D eigenvalue weighted by atomic mass is 9.78. The molecule has 0 amide bonds. The Bertz CT molecular complexity index is 5480. The van der Waals surface area contributed by atoms with Gasteiger partial charge >= 0.3 is 18.5 Å². The van der Waals surface area contributed by atoms with E-state index < -0.39 is 53.6 Å². The van der Waals surface area contributed by atoms with Gasteiger partial charge in [0.1, 0.15) is 17.8 Å². The van der Waals surface area contributed by atoms with Crippen molar-refractivity contribution in [2.75, 3.05) is 0 Å². The van der Waals surface area contributed by atoms with Gasteiger partial charge in [0.05, 0.1) is 0 Å². The van der Waals surface area contributed by atoms with Crippen molar-refractivity contribution in [3.05, 3.63) is 322 Å². The van der Waals surface area contributed by atoms with Gasteiger partial charge in [0.15, 0.2) is 28.9 Å². The fourth-order valence-corrected chi connectivity index (χ4v) is 17.4. The number of Topliss-reactive ketones (excluding diaryl/α,β-unsaturated/α-hetero) is 5. The summed E-state index contributed by atoms with van der Waals surface area (Å²) >= 11 is 0. The predicted molar refractivity (Wildman–Crippen MR) is 421 cm³/mol. The van der Waals surface area contributed by atoms with Crippen LogP contribution in [-0.2, 0) is 32.1 Å². The van der Waals surface area contributed by atoms with E-state index in [0.29, 0.717) is 56.8 Å². The van der Waals surface area contributed by atoms with E-state index in [4.69, 9.17) is 0 Å². The first kappa shape index (κ1) is 76.6. The van der Waals surface area contributed by atoms with Crippen molar-refractivity contribution >= 4 is 50.5 Å². The number of ketones is 5. The normalized spacial score (nSPS) is 18.4. The Kier molecular flexibility index (Phi) is 22.1. The van der Waals surface area contributed by atoms with Gasteiger partial charge in [-0.1, -0.05) is 300 Å². The molecule has 0 N–H and O–H groups in total. The van der Waals surface area contributed by atoms with Crippen molar-refractivity contribution in [1.29, 1.82) is 0 Å². The van der Waals surface area contributed by atoms with E-state index >= 15 is 0 Å². The van der Waals surface area contributed by atoms with E-state index in [-0.39, 0.29) is 47.8 Å². The molecular formula is C97H81F9O5. The fourth-order valence-electron chi connectivity index (χ4n) is 17.4. The lowest BCUT2D eigenvalue weighted by Crippen LogP contribution is -2.28. The molecule has 0 radical (unpaired) electrons.